The molecule has 27 heavy (non-hydrogen) atoms. The standard InChI is InChI=1S/C18H18N2O7/c1-24-14-7-11(18(23)27-4)13(8-15(14)25-2)20-16(21)12-6-5-10(9-19-12)17(22)26-3/h5-9H,1-4H3,(H,20,21). The number of carbonyl (C=O) groups excluding carboxylic acids is 3. The summed E-state index contributed by atoms with van der Waals surface area (Å²) in [5, 5.41) is 2.58. The Hall–Kier alpha value is -3.62. The van der Waals surface area contributed by atoms with Crippen LogP contribution in [0.1, 0.15) is 31.2 Å². The lowest BCUT2D eigenvalue weighted by Gasteiger charge is -2.14. The van der Waals surface area contributed by atoms with Gasteiger partial charge in [0.1, 0.15) is 5.69 Å². The SMILES string of the molecule is COC(=O)c1ccc(C(=O)Nc2cc(OC)c(OC)cc2C(=O)OC)nc1. The molecule has 0 unspecified atom stereocenters. The number of aromatic nitrogens is 1. The summed E-state index contributed by atoms with van der Waals surface area (Å²) in [5.74, 6) is -1.21. The fourth-order valence-electron chi connectivity index (χ4n) is 2.21. The molecule has 142 valence electrons. The van der Waals surface area contributed by atoms with Crippen LogP contribution in [0.3, 0.4) is 0 Å². The van der Waals surface area contributed by atoms with Crippen LogP contribution >= 0.6 is 0 Å². The second kappa shape index (κ2) is 8.65. The Morgan fingerprint density at radius 1 is 0.889 bits per heavy atom. The van der Waals surface area contributed by atoms with Gasteiger partial charge in [-0.15, -0.1) is 0 Å². The second-order valence-electron chi connectivity index (χ2n) is 5.12. The molecule has 0 bridgehead atoms. The zero-order valence-electron chi connectivity index (χ0n) is 15.2. The topological polar surface area (TPSA) is 113 Å². The predicted octanol–water partition coefficient (Wildman–Crippen LogP) is 1.92. The fraction of sp³-hybridized carbons (Fsp3) is 0.222. The number of nitrogens with zero attached hydrogens (tertiary/aromatic N) is 1. The van der Waals surface area contributed by atoms with E-state index in [4.69, 9.17) is 14.2 Å². The summed E-state index contributed by atoms with van der Waals surface area (Å²) >= 11 is 0. The summed E-state index contributed by atoms with van der Waals surface area (Å²) in [4.78, 5) is 39.9. The summed E-state index contributed by atoms with van der Waals surface area (Å²) in [6, 6.07) is 5.60. The quantitative estimate of drug-likeness (QED) is 0.763. The number of carbonyl (C=O) groups is 3. The van der Waals surface area contributed by atoms with Gasteiger partial charge in [-0.3, -0.25) is 9.78 Å². The highest BCUT2D eigenvalue weighted by molar-refractivity contribution is 6.07. The molecule has 0 aliphatic heterocycles. The molecular weight excluding hydrogens is 356 g/mol. The van der Waals surface area contributed by atoms with E-state index in [0.29, 0.717) is 11.5 Å². The molecule has 0 aliphatic rings. The fourth-order valence-corrected chi connectivity index (χ4v) is 2.21. The van der Waals surface area contributed by atoms with Gasteiger partial charge in [0.25, 0.3) is 5.91 Å². The average Bonchev–Trinajstić information content (AvgIpc) is 2.72. The van der Waals surface area contributed by atoms with Crippen LogP contribution < -0.4 is 14.8 Å². The molecule has 1 heterocycles. The maximum Gasteiger partial charge on any atom is 0.340 e. The number of methoxy groups -OCH3 is 4. The van der Waals surface area contributed by atoms with Crippen LogP contribution in [0.25, 0.3) is 0 Å². The number of ether oxygens (including phenoxy) is 4. The number of anilines is 1. The maximum atomic E-state index is 12.5. The number of benzene rings is 1. The van der Waals surface area contributed by atoms with Crippen LogP contribution in [0.2, 0.25) is 0 Å². The molecule has 2 rings (SSSR count). The largest absolute Gasteiger partial charge is 0.493 e. The van der Waals surface area contributed by atoms with Crippen molar-refractivity contribution in [2.45, 2.75) is 0 Å². The molecule has 0 saturated carbocycles. The lowest BCUT2D eigenvalue weighted by atomic mass is 10.1. The minimum absolute atomic E-state index is 0.0354. The van der Waals surface area contributed by atoms with Crippen molar-refractivity contribution >= 4 is 23.5 Å². The summed E-state index contributed by atoms with van der Waals surface area (Å²) in [6.45, 7) is 0. The van der Waals surface area contributed by atoms with Crippen molar-refractivity contribution in [1.82, 2.24) is 4.98 Å². The molecule has 0 radical (unpaired) electrons. The predicted molar refractivity (Wildman–Crippen MR) is 94.4 cm³/mol. The summed E-state index contributed by atoms with van der Waals surface area (Å²) in [7, 11) is 5.31. The van der Waals surface area contributed by atoms with Crippen LogP contribution in [0.15, 0.2) is 30.5 Å². The van der Waals surface area contributed by atoms with Gasteiger partial charge in [0.05, 0.1) is 45.3 Å². The van der Waals surface area contributed by atoms with Crippen LogP contribution in [0, 0.1) is 0 Å². The van der Waals surface area contributed by atoms with Crippen molar-refractivity contribution in [3.05, 3.63) is 47.3 Å². The molecule has 0 fully saturated rings. The molecule has 2 aromatic rings. The number of hydrogen-bond donors (Lipinski definition) is 1. The number of nitrogens with one attached hydrogen (secondary N) is 1. The molecule has 1 N–H and O–H groups in total. The number of hydrogen-bond acceptors (Lipinski definition) is 8. The Morgan fingerprint density at radius 2 is 1.52 bits per heavy atom. The average molecular weight is 374 g/mol. The second-order valence-corrected chi connectivity index (χ2v) is 5.12. The third-order valence-electron chi connectivity index (χ3n) is 3.59. The van der Waals surface area contributed by atoms with E-state index in [1.807, 2.05) is 0 Å². The van der Waals surface area contributed by atoms with Crippen LogP contribution in [-0.4, -0.2) is 51.3 Å². The molecule has 0 atom stereocenters. The molecule has 9 heteroatoms. The van der Waals surface area contributed by atoms with Gasteiger partial charge in [0.15, 0.2) is 11.5 Å². The lowest BCUT2D eigenvalue weighted by Crippen LogP contribution is -2.17. The van der Waals surface area contributed by atoms with E-state index in [2.05, 4.69) is 15.0 Å². The number of rotatable bonds is 6. The molecule has 1 amide bonds. The number of amides is 1. The highest BCUT2D eigenvalue weighted by atomic mass is 16.5. The van der Waals surface area contributed by atoms with E-state index in [-0.39, 0.29) is 22.5 Å². The highest BCUT2D eigenvalue weighted by Gasteiger charge is 2.20. The Morgan fingerprint density at radius 3 is 2.04 bits per heavy atom. The lowest BCUT2D eigenvalue weighted by molar-refractivity contribution is 0.0591. The monoisotopic (exact) mass is 374 g/mol. The van der Waals surface area contributed by atoms with Crippen LogP contribution in [-0.2, 0) is 9.47 Å². The Balaban J connectivity index is 2.35. The van der Waals surface area contributed by atoms with E-state index in [9.17, 15) is 14.4 Å². The minimum atomic E-state index is -0.666. The number of esters is 2. The van der Waals surface area contributed by atoms with Gasteiger partial charge in [-0.25, -0.2) is 9.59 Å². The summed E-state index contributed by atoms with van der Waals surface area (Å²) < 4.78 is 19.7. The van der Waals surface area contributed by atoms with E-state index in [1.54, 1.807) is 0 Å². The normalized spacial score (nSPS) is 9.93. The van der Waals surface area contributed by atoms with E-state index in [0.717, 1.165) is 0 Å². The summed E-state index contributed by atoms with van der Waals surface area (Å²) in [6.07, 6.45) is 1.22. The Kier molecular flexibility index (Phi) is 6.32. The molecule has 9 nitrogen and oxygen atoms in total. The van der Waals surface area contributed by atoms with E-state index >= 15 is 0 Å². The van der Waals surface area contributed by atoms with Crippen molar-refractivity contribution < 1.29 is 33.3 Å². The first-order valence-corrected chi connectivity index (χ1v) is 7.65. The zero-order chi connectivity index (χ0) is 20.0. The molecule has 0 saturated heterocycles. The Labute approximate surface area is 155 Å². The maximum absolute atomic E-state index is 12.5. The van der Waals surface area contributed by atoms with Gasteiger partial charge >= 0.3 is 11.9 Å². The highest BCUT2D eigenvalue weighted by Crippen LogP contribution is 2.34. The minimum Gasteiger partial charge on any atom is -0.493 e. The number of pyridine rings is 1. The van der Waals surface area contributed by atoms with E-state index in [1.165, 1.54) is 58.9 Å². The van der Waals surface area contributed by atoms with E-state index < -0.39 is 17.8 Å². The van der Waals surface area contributed by atoms with Crippen molar-refractivity contribution in [2.24, 2.45) is 0 Å². The third-order valence-corrected chi connectivity index (χ3v) is 3.59. The van der Waals surface area contributed by atoms with Crippen molar-refractivity contribution in [3.63, 3.8) is 0 Å². The van der Waals surface area contributed by atoms with Gasteiger partial charge in [-0.05, 0) is 12.1 Å². The first-order valence-electron chi connectivity index (χ1n) is 7.65. The zero-order valence-corrected chi connectivity index (χ0v) is 15.2. The van der Waals surface area contributed by atoms with Gasteiger partial charge in [-0.2, -0.15) is 0 Å². The molecule has 1 aromatic carbocycles. The first kappa shape index (κ1) is 19.7. The smallest absolute Gasteiger partial charge is 0.340 e. The van der Waals surface area contributed by atoms with Gasteiger partial charge < -0.3 is 24.3 Å². The Bertz CT molecular complexity index is 863. The third kappa shape index (κ3) is 4.32. The van der Waals surface area contributed by atoms with Crippen molar-refractivity contribution in [2.75, 3.05) is 33.8 Å². The van der Waals surface area contributed by atoms with Gasteiger partial charge in [0.2, 0.25) is 0 Å². The molecule has 0 spiro atoms. The molecule has 0 aliphatic carbocycles. The van der Waals surface area contributed by atoms with Crippen LogP contribution in [0.4, 0.5) is 5.69 Å². The van der Waals surface area contributed by atoms with Gasteiger partial charge in [0, 0.05) is 18.3 Å². The van der Waals surface area contributed by atoms with Crippen LogP contribution in [0.5, 0.6) is 11.5 Å². The van der Waals surface area contributed by atoms with Crippen molar-refractivity contribution in [1.29, 1.82) is 0 Å². The summed E-state index contributed by atoms with van der Waals surface area (Å²) in [5.41, 5.74) is 0.474. The molecule has 1 aromatic heterocycles. The first-order chi connectivity index (χ1) is 12.9. The molecular formula is C18H18N2O7. The van der Waals surface area contributed by atoms with Crippen molar-refractivity contribution in [3.8, 4) is 11.5 Å². The van der Waals surface area contributed by atoms with Gasteiger partial charge in [-0.1, -0.05) is 0 Å².